The van der Waals surface area contributed by atoms with Crippen LogP contribution in [0.25, 0.3) is 0 Å². The predicted molar refractivity (Wildman–Crippen MR) is 74.6 cm³/mol. The minimum atomic E-state index is -0.0825. The number of hydrogen-bond donors (Lipinski definition) is 2. The SMILES string of the molecule is CC(C)(c1ccc(O)cc1)c1ccc(CN)cc1. The Morgan fingerprint density at radius 2 is 1.33 bits per heavy atom. The first-order valence-corrected chi connectivity index (χ1v) is 6.13. The molecule has 0 aliphatic carbocycles. The van der Waals surface area contributed by atoms with E-state index in [2.05, 4.69) is 38.1 Å². The summed E-state index contributed by atoms with van der Waals surface area (Å²) in [6.07, 6.45) is 0. The number of nitrogens with two attached hydrogens (primary N) is 1. The van der Waals surface area contributed by atoms with E-state index < -0.39 is 0 Å². The molecule has 94 valence electrons. The van der Waals surface area contributed by atoms with E-state index in [1.807, 2.05) is 12.1 Å². The third kappa shape index (κ3) is 2.39. The molecule has 0 unspecified atom stereocenters. The highest BCUT2D eigenvalue weighted by Crippen LogP contribution is 2.32. The molecule has 0 aliphatic rings. The predicted octanol–water partition coefficient (Wildman–Crippen LogP) is 3.18. The van der Waals surface area contributed by atoms with Gasteiger partial charge in [0.1, 0.15) is 5.75 Å². The summed E-state index contributed by atoms with van der Waals surface area (Å²) in [4.78, 5) is 0. The van der Waals surface area contributed by atoms with E-state index in [4.69, 9.17) is 5.73 Å². The van der Waals surface area contributed by atoms with E-state index in [1.165, 1.54) is 11.1 Å². The third-order valence-electron chi connectivity index (χ3n) is 3.50. The molecule has 0 bridgehead atoms. The highest BCUT2D eigenvalue weighted by atomic mass is 16.3. The first-order chi connectivity index (χ1) is 8.54. The topological polar surface area (TPSA) is 46.2 Å². The summed E-state index contributed by atoms with van der Waals surface area (Å²) in [6, 6.07) is 15.8. The van der Waals surface area contributed by atoms with E-state index >= 15 is 0 Å². The summed E-state index contributed by atoms with van der Waals surface area (Å²) in [7, 11) is 0. The van der Waals surface area contributed by atoms with E-state index in [9.17, 15) is 5.11 Å². The molecule has 2 nitrogen and oxygen atoms in total. The van der Waals surface area contributed by atoms with Crippen LogP contribution in [0.4, 0.5) is 0 Å². The molecule has 0 fully saturated rings. The molecule has 0 heterocycles. The molecular formula is C16H19NO. The maximum absolute atomic E-state index is 9.35. The fourth-order valence-corrected chi connectivity index (χ4v) is 2.10. The van der Waals surface area contributed by atoms with Crippen molar-refractivity contribution in [3.63, 3.8) is 0 Å². The Kier molecular flexibility index (Phi) is 3.39. The average molecular weight is 241 g/mol. The highest BCUT2D eigenvalue weighted by Gasteiger charge is 2.22. The van der Waals surface area contributed by atoms with E-state index in [-0.39, 0.29) is 5.41 Å². The Morgan fingerprint density at radius 3 is 1.78 bits per heavy atom. The van der Waals surface area contributed by atoms with Gasteiger partial charge in [0.2, 0.25) is 0 Å². The standard InChI is InChI=1S/C16H19NO/c1-16(2,14-7-9-15(18)10-8-14)13-5-3-12(11-17)4-6-13/h3-10,18H,11,17H2,1-2H3. The monoisotopic (exact) mass is 241 g/mol. The summed E-state index contributed by atoms with van der Waals surface area (Å²) in [6.45, 7) is 4.92. The molecule has 0 amide bonds. The second-order valence-corrected chi connectivity index (χ2v) is 5.07. The van der Waals surface area contributed by atoms with Crippen LogP contribution in [0, 0.1) is 0 Å². The van der Waals surface area contributed by atoms with Crippen molar-refractivity contribution in [2.75, 3.05) is 0 Å². The Balaban J connectivity index is 2.37. The van der Waals surface area contributed by atoms with E-state index in [0.29, 0.717) is 12.3 Å². The lowest BCUT2D eigenvalue weighted by Gasteiger charge is -2.26. The zero-order chi connectivity index (χ0) is 13.2. The van der Waals surface area contributed by atoms with Crippen LogP contribution >= 0.6 is 0 Å². The molecule has 0 atom stereocenters. The quantitative estimate of drug-likeness (QED) is 0.867. The summed E-state index contributed by atoms with van der Waals surface area (Å²) >= 11 is 0. The second kappa shape index (κ2) is 4.83. The second-order valence-electron chi connectivity index (χ2n) is 5.07. The van der Waals surface area contributed by atoms with Crippen LogP contribution in [0.15, 0.2) is 48.5 Å². The Bertz CT molecular complexity index is 512. The molecule has 18 heavy (non-hydrogen) atoms. The van der Waals surface area contributed by atoms with Gasteiger partial charge < -0.3 is 10.8 Å². The van der Waals surface area contributed by atoms with Crippen molar-refractivity contribution in [3.05, 3.63) is 65.2 Å². The van der Waals surface area contributed by atoms with Crippen LogP contribution in [0.2, 0.25) is 0 Å². The van der Waals surface area contributed by atoms with Gasteiger partial charge in [-0.05, 0) is 28.8 Å². The molecule has 0 aliphatic heterocycles. The number of benzene rings is 2. The van der Waals surface area contributed by atoms with E-state index in [0.717, 1.165) is 5.56 Å². The average Bonchev–Trinajstić information content (AvgIpc) is 2.39. The van der Waals surface area contributed by atoms with Gasteiger partial charge in [-0.15, -0.1) is 0 Å². The fraction of sp³-hybridized carbons (Fsp3) is 0.250. The third-order valence-corrected chi connectivity index (χ3v) is 3.50. The molecule has 2 heteroatoms. The fourth-order valence-electron chi connectivity index (χ4n) is 2.10. The molecular weight excluding hydrogens is 222 g/mol. The van der Waals surface area contributed by atoms with Crippen LogP contribution in [0.3, 0.4) is 0 Å². The Morgan fingerprint density at radius 1 is 0.889 bits per heavy atom. The molecule has 2 rings (SSSR count). The van der Waals surface area contributed by atoms with Crippen molar-refractivity contribution in [1.82, 2.24) is 0 Å². The summed E-state index contributed by atoms with van der Waals surface area (Å²) < 4.78 is 0. The smallest absolute Gasteiger partial charge is 0.115 e. The first-order valence-electron chi connectivity index (χ1n) is 6.13. The lowest BCUT2D eigenvalue weighted by Crippen LogP contribution is -2.18. The zero-order valence-corrected chi connectivity index (χ0v) is 10.9. The largest absolute Gasteiger partial charge is 0.508 e. The van der Waals surface area contributed by atoms with Gasteiger partial charge in [0.05, 0.1) is 0 Å². The normalized spacial score (nSPS) is 11.5. The molecule has 3 N–H and O–H groups in total. The van der Waals surface area contributed by atoms with E-state index in [1.54, 1.807) is 12.1 Å². The van der Waals surface area contributed by atoms with Crippen molar-refractivity contribution in [3.8, 4) is 5.75 Å². The molecule has 2 aromatic carbocycles. The van der Waals surface area contributed by atoms with Gasteiger partial charge in [0.15, 0.2) is 0 Å². The van der Waals surface area contributed by atoms with Crippen molar-refractivity contribution in [2.45, 2.75) is 25.8 Å². The molecule has 2 aromatic rings. The molecule has 0 spiro atoms. The molecule has 0 saturated heterocycles. The van der Waals surface area contributed by atoms with Crippen LogP contribution < -0.4 is 5.73 Å². The molecule has 0 aromatic heterocycles. The van der Waals surface area contributed by atoms with Crippen LogP contribution in [-0.2, 0) is 12.0 Å². The maximum Gasteiger partial charge on any atom is 0.115 e. The number of aromatic hydroxyl groups is 1. The van der Waals surface area contributed by atoms with Crippen LogP contribution in [0.5, 0.6) is 5.75 Å². The highest BCUT2D eigenvalue weighted by molar-refractivity contribution is 5.40. The number of hydrogen-bond acceptors (Lipinski definition) is 2. The van der Waals surface area contributed by atoms with Crippen LogP contribution in [0.1, 0.15) is 30.5 Å². The Hall–Kier alpha value is -1.80. The van der Waals surface area contributed by atoms with Gasteiger partial charge >= 0.3 is 0 Å². The Labute approximate surface area is 108 Å². The van der Waals surface area contributed by atoms with Gasteiger partial charge in [0.25, 0.3) is 0 Å². The molecule has 0 radical (unpaired) electrons. The van der Waals surface area contributed by atoms with Crippen molar-refractivity contribution >= 4 is 0 Å². The van der Waals surface area contributed by atoms with Gasteiger partial charge in [-0.1, -0.05) is 50.2 Å². The van der Waals surface area contributed by atoms with Gasteiger partial charge in [-0.3, -0.25) is 0 Å². The maximum atomic E-state index is 9.35. The van der Waals surface area contributed by atoms with Gasteiger partial charge in [0, 0.05) is 12.0 Å². The summed E-state index contributed by atoms with van der Waals surface area (Å²) in [5.74, 6) is 0.299. The van der Waals surface area contributed by atoms with Crippen LogP contribution in [-0.4, -0.2) is 5.11 Å². The minimum absolute atomic E-state index is 0.0825. The summed E-state index contributed by atoms with van der Waals surface area (Å²) in [5.41, 5.74) is 9.09. The van der Waals surface area contributed by atoms with Crippen molar-refractivity contribution in [2.24, 2.45) is 5.73 Å². The number of phenolic OH excluding ortho intramolecular Hbond substituents is 1. The number of rotatable bonds is 3. The minimum Gasteiger partial charge on any atom is -0.508 e. The van der Waals surface area contributed by atoms with Gasteiger partial charge in [-0.2, -0.15) is 0 Å². The lowest BCUT2D eigenvalue weighted by atomic mass is 9.78. The van der Waals surface area contributed by atoms with Crippen molar-refractivity contribution in [1.29, 1.82) is 0 Å². The number of phenols is 1. The van der Waals surface area contributed by atoms with Crippen molar-refractivity contribution < 1.29 is 5.11 Å². The zero-order valence-electron chi connectivity index (χ0n) is 10.9. The first kappa shape index (κ1) is 12.7. The van der Waals surface area contributed by atoms with Gasteiger partial charge in [-0.25, -0.2) is 0 Å². The summed E-state index contributed by atoms with van der Waals surface area (Å²) in [5, 5.41) is 9.35. The lowest BCUT2D eigenvalue weighted by molar-refractivity contribution is 0.474. The molecule has 0 saturated carbocycles.